The van der Waals surface area contributed by atoms with Crippen molar-refractivity contribution in [1.29, 1.82) is 5.41 Å². The predicted octanol–water partition coefficient (Wildman–Crippen LogP) is 2.34. The van der Waals surface area contributed by atoms with Crippen molar-refractivity contribution in [2.45, 2.75) is 13.8 Å². The quantitative estimate of drug-likeness (QED) is 0.433. The average Bonchev–Trinajstić information content (AvgIpc) is 2.19. The molecule has 0 aliphatic carbocycles. The van der Waals surface area contributed by atoms with Crippen LogP contribution in [-0.4, -0.2) is 23.6 Å². The number of rotatable bonds is 2. The molecule has 1 aromatic carbocycles. The van der Waals surface area contributed by atoms with Gasteiger partial charge in [-0.1, -0.05) is 30.3 Å². The van der Waals surface area contributed by atoms with Crippen molar-refractivity contribution >= 4 is 11.5 Å². The van der Waals surface area contributed by atoms with Crippen LogP contribution in [0, 0.1) is 5.41 Å². The van der Waals surface area contributed by atoms with Crippen LogP contribution in [0.25, 0.3) is 0 Å². The summed E-state index contributed by atoms with van der Waals surface area (Å²) in [6.07, 6.45) is 0. The van der Waals surface area contributed by atoms with Crippen LogP contribution in [0.1, 0.15) is 19.4 Å². The van der Waals surface area contributed by atoms with Crippen LogP contribution >= 0.6 is 0 Å². The molecular formula is C11H15N3. The van der Waals surface area contributed by atoms with E-state index in [-0.39, 0.29) is 0 Å². The Morgan fingerprint density at radius 1 is 1.21 bits per heavy atom. The first-order valence-corrected chi connectivity index (χ1v) is 4.51. The van der Waals surface area contributed by atoms with Crippen LogP contribution in [0.5, 0.6) is 0 Å². The Labute approximate surface area is 84.6 Å². The maximum absolute atomic E-state index is 7.37. The van der Waals surface area contributed by atoms with Gasteiger partial charge in [0.15, 0.2) is 0 Å². The summed E-state index contributed by atoms with van der Waals surface area (Å²) in [5.41, 5.74) is 2.00. The lowest BCUT2D eigenvalue weighted by Crippen LogP contribution is -2.18. The third-order valence-corrected chi connectivity index (χ3v) is 1.98. The molecule has 3 nitrogen and oxygen atoms in total. The molecule has 1 aromatic rings. The molecule has 0 aliphatic rings. The fourth-order valence-corrected chi connectivity index (χ4v) is 1.04. The largest absolute Gasteiger partial charge is 0.287 e. The van der Waals surface area contributed by atoms with E-state index in [2.05, 4.69) is 5.10 Å². The maximum atomic E-state index is 7.37. The molecule has 1 rings (SSSR count). The molecule has 14 heavy (non-hydrogen) atoms. The summed E-state index contributed by atoms with van der Waals surface area (Å²) in [5, 5.41) is 13.2. The molecular weight excluding hydrogens is 174 g/mol. The van der Waals surface area contributed by atoms with Gasteiger partial charge in [0.25, 0.3) is 0 Å². The molecule has 0 fully saturated rings. The van der Waals surface area contributed by atoms with Gasteiger partial charge >= 0.3 is 0 Å². The highest BCUT2D eigenvalue weighted by Gasteiger charge is 1.99. The minimum atomic E-state index is 0.431. The van der Waals surface area contributed by atoms with E-state index in [1.54, 1.807) is 19.0 Å². The van der Waals surface area contributed by atoms with Gasteiger partial charge in [-0.25, -0.2) is 0 Å². The van der Waals surface area contributed by atoms with E-state index in [1.165, 1.54) is 0 Å². The van der Waals surface area contributed by atoms with Crippen molar-refractivity contribution in [2.75, 3.05) is 7.05 Å². The van der Waals surface area contributed by atoms with E-state index in [9.17, 15) is 0 Å². The van der Waals surface area contributed by atoms with Crippen molar-refractivity contribution in [3.63, 3.8) is 0 Å². The van der Waals surface area contributed by atoms with Crippen LogP contribution in [0.2, 0.25) is 0 Å². The second-order valence-electron chi connectivity index (χ2n) is 3.16. The van der Waals surface area contributed by atoms with Crippen LogP contribution in [0.15, 0.2) is 35.4 Å². The van der Waals surface area contributed by atoms with Crippen LogP contribution < -0.4 is 0 Å². The normalized spacial score (nSPS) is 11.2. The van der Waals surface area contributed by atoms with Crippen LogP contribution in [0.4, 0.5) is 0 Å². The lowest BCUT2D eigenvalue weighted by atomic mass is 10.1. The SMILES string of the molecule is CC(=N)N(C)/N=C(\C)c1ccccc1. The number of amidine groups is 1. The molecule has 1 N–H and O–H groups in total. The Morgan fingerprint density at radius 3 is 2.29 bits per heavy atom. The summed E-state index contributed by atoms with van der Waals surface area (Å²) in [6.45, 7) is 3.65. The Bertz CT molecular complexity index is 341. The second-order valence-corrected chi connectivity index (χ2v) is 3.16. The van der Waals surface area contributed by atoms with Gasteiger partial charge in [0.05, 0.1) is 5.71 Å². The third-order valence-electron chi connectivity index (χ3n) is 1.98. The Kier molecular flexibility index (Phi) is 3.40. The summed E-state index contributed by atoms with van der Waals surface area (Å²) in [6, 6.07) is 9.94. The molecule has 0 amide bonds. The van der Waals surface area contributed by atoms with E-state index >= 15 is 0 Å². The zero-order valence-corrected chi connectivity index (χ0v) is 8.78. The monoisotopic (exact) mass is 189 g/mol. The van der Waals surface area contributed by atoms with E-state index in [0.29, 0.717) is 5.84 Å². The number of nitrogens with one attached hydrogen (secondary N) is 1. The van der Waals surface area contributed by atoms with Crippen molar-refractivity contribution < 1.29 is 0 Å². The van der Waals surface area contributed by atoms with Gasteiger partial charge < -0.3 is 0 Å². The molecule has 0 atom stereocenters. The first-order valence-electron chi connectivity index (χ1n) is 4.51. The minimum Gasteiger partial charge on any atom is -0.287 e. The van der Waals surface area contributed by atoms with Gasteiger partial charge in [0.1, 0.15) is 5.84 Å². The van der Waals surface area contributed by atoms with Crippen LogP contribution in [0.3, 0.4) is 0 Å². The average molecular weight is 189 g/mol. The fraction of sp³-hybridized carbons (Fsp3) is 0.273. The fourth-order valence-electron chi connectivity index (χ4n) is 1.04. The topological polar surface area (TPSA) is 39.5 Å². The van der Waals surface area contributed by atoms with Gasteiger partial charge in [-0.2, -0.15) is 5.10 Å². The molecule has 0 aliphatic heterocycles. The molecule has 0 spiro atoms. The van der Waals surface area contributed by atoms with Crippen molar-refractivity contribution in [1.82, 2.24) is 5.01 Å². The predicted molar refractivity (Wildman–Crippen MR) is 59.8 cm³/mol. The van der Waals surface area contributed by atoms with E-state index in [1.807, 2.05) is 37.3 Å². The van der Waals surface area contributed by atoms with Gasteiger partial charge in [-0.05, 0) is 19.4 Å². The van der Waals surface area contributed by atoms with Gasteiger partial charge in [0, 0.05) is 7.05 Å². The molecule has 3 heteroatoms. The highest BCUT2D eigenvalue weighted by Crippen LogP contribution is 2.01. The number of benzene rings is 1. The maximum Gasteiger partial charge on any atom is 0.113 e. The highest BCUT2D eigenvalue weighted by molar-refractivity contribution is 5.99. The second kappa shape index (κ2) is 4.56. The van der Waals surface area contributed by atoms with E-state index < -0.39 is 0 Å². The lowest BCUT2D eigenvalue weighted by Gasteiger charge is -2.11. The molecule has 0 bridgehead atoms. The Morgan fingerprint density at radius 2 is 1.79 bits per heavy atom. The summed E-state index contributed by atoms with van der Waals surface area (Å²) in [7, 11) is 1.77. The van der Waals surface area contributed by atoms with Crippen molar-refractivity contribution in [3.8, 4) is 0 Å². The van der Waals surface area contributed by atoms with E-state index in [4.69, 9.17) is 5.41 Å². The highest BCUT2D eigenvalue weighted by atomic mass is 15.4. The number of nitrogens with zero attached hydrogens (tertiary/aromatic N) is 2. The molecule has 0 saturated heterocycles. The summed E-state index contributed by atoms with van der Waals surface area (Å²) < 4.78 is 0. The van der Waals surface area contributed by atoms with Gasteiger partial charge in [0.2, 0.25) is 0 Å². The smallest absolute Gasteiger partial charge is 0.113 e. The first-order chi connectivity index (χ1) is 6.61. The Hall–Kier alpha value is -1.64. The van der Waals surface area contributed by atoms with Gasteiger partial charge in [-0.15, -0.1) is 0 Å². The minimum absolute atomic E-state index is 0.431. The molecule has 0 heterocycles. The molecule has 0 saturated carbocycles. The zero-order valence-electron chi connectivity index (χ0n) is 8.78. The molecule has 74 valence electrons. The van der Waals surface area contributed by atoms with Crippen molar-refractivity contribution in [3.05, 3.63) is 35.9 Å². The van der Waals surface area contributed by atoms with E-state index in [0.717, 1.165) is 11.3 Å². The van der Waals surface area contributed by atoms with Crippen LogP contribution in [-0.2, 0) is 0 Å². The summed E-state index contributed by atoms with van der Waals surface area (Å²) >= 11 is 0. The zero-order chi connectivity index (χ0) is 10.6. The summed E-state index contributed by atoms with van der Waals surface area (Å²) in [4.78, 5) is 0. The lowest BCUT2D eigenvalue weighted by molar-refractivity contribution is 0.536. The molecule has 0 radical (unpaired) electrons. The van der Waals surface area contributed by atoms with Crippen molar-refractivity contribution in [2.24, 2.45) is 5.10 Å². The molecule has 0 unspecified atom stereocenters. The number of hydrogen-bond donors (Lipinski definition) is 1. The number of hydrogen-bond acceptors (Lipinski definition) is 2. The third kappa shape index (κ3) is 2.69. The van der Waals surface area contributed by atoms with Gasteiger partial charge in [-0.3, -0.25) is 10.4 Å². The molecule has 0 aromatic heterocycles. The summed E-state index contributed by atoms with van der Waals surface area (Å²) in [5.74, 6) is 0.431. The number of hydrazone groups is 1. The first kappa shape index (κ1) is 10.4. The Balaban J connectivity index is 2.85. The standard InChI is InChI=1S/C11H15N3/c1-9(13-14(3)10(2)12)11-7-5-4-6-8-11/h4-8,12H,1-3H3/b12-10?,13-9+.